The molecule has 0 atom stereocenters. The summed E-state index contributed by atoms with van der Waals surface area (Å²) in [7, 11) is 4.41. The molecule has 2 aromatic rings. The highest BCUT2D eigenvalue weighted by molar-refractivity contribution is 5.85. The Hall–Kier alpha value is -2.83. The number of anilines is 1. The van der Waals surface area contributed by atoms with E-state index in [1.807, 2.05) is 30.3 Å². The molecule has 0 aliphatic heterocycles. The number of oxime groups is 1. The van der Waals surface area contributed by atoms with E-state index >= 15 is 0 Å². The first-order chi connectivity index (χ1) is 10.6. The van der Waals surface area contributed by atoms with Gasteiger partial charge in [-0.25, -0.2) is 4.79 Å². The third kappa shape index (κ3) is 3.08. The summed E-state index contributed by atoms with van der Waals surface area (Å²) in [6, 6.07) is 9.68. The number of benzene rings is 1. The molecule has 22 heavy (non-hydrogen) atoms. The van der Waals surface area contributed by atoms with Gasteiger partial charge in [-0.05, 0) is 5.56 Å². The van der Waals surface area contributed by atoms with Gasteiger partial charge in [0.25, 0.3) is 5.56 Å². The van der Waals surface area contributed by atoms with Crippen molar-refractivity contribution in [3.8, 4) is 0 Å². The lowest BCUT2D eigenvalue weighted by atomic mass is 10.2. The van der Waals surface area contributed by atoms with Crippen LogP contribution < -0.4 is 16.6 Å². The van der Waals surface area contributed by atoms with Crippen LogP contribution in [0.2, 0.25) is 0 Å². The third-order valence-electron chi connectivity index (χ3n) is 3.29. The summed E-state index contributed by atoms with van der Waals surface area (Å²) < 4.78 is 2.41. The van der Waals surface area contributed by atoms with Crippen molar-refractivity contribution >= 4 is 12.0 Å². The Morgan fingerprint density at radius 2 is 1.86 bits per heavy atom. The summed E-state index contributed by atoms with van der Waals surface area (Å²) >= 11 is 0. The molecule has 0 bridgehead atoms. The minimum absolute atomic E-state index is 0.266. The van der Waals surface area contributed by atoms with Gasteiger partial charge in [0.2, 0.25) is 0 Å². The van der Waals surface area contributed by atoms with E-state index in [-0.39, 0.29) is 5.56 Å². The maximum atomic E-state index is 12.2. The molecule has 0 unspecified atom stereocenters. The third-order valence-corrected chi connectivity index (χ3v) is 3.29. The number of nitrogens with zero attached hydrogens (tertiary/aromatic N) is 3. The molecule has 0 spiro atoms. The predicted molar refractivity (Wildman–Crippen MR) is 85.3 cm³/mol. The zero-order valence-corrected chi connectivity index (χ0v) is 12.7. The van der Waals surface area contributed by atoms with Crippen LogP contribution in [0.4, 0.5) is 5.82 Å². The lowest BCUT2D eigenvalue weighted by Crippen LogP contribution is -2.40. The topological polar surface area (TPSA) is 77.6 Å². The van der Waals surface area contributed by atoms with Crippen LogP contribution in [-0.4, -0.2) is 22.5 Å². The highest BCUT2D eigenvalue weighted by Crippen LogP contribution is 2.09. The molecule has 1 aromatic carbocycles. The molecule has 0 aliphatic carbocycles. The van der Waals surface area contributed by atoms with E-state index < -0.39 is 11.2 Å². The average molecular weight is 302 g/mol. The maximum absolute atomic E-state index is 12.2. The Kier molecular flexibility index (Phi) is 4.77. The summed E-state index contributed by atoms with van der Waals surface area (Å²) in [6.07, 6.45) is 1.30. The zero-order chi connectivity index (χ0) is 16.1. The molecule has 116 valence electrons. The van der Waals surface area contributed by atoms with Crippen LogP contribution in [0.3, 0.4) is 0 Å². The number of nitrogens with one attached hydrogen (secondary N) is 1. The number of hydrogen-bond acceptors (Lipinski definition) is 5. The highest BCUT2D eigenvalue weighted by Gasteiger charge is 2.14. The van der Waals surface area contributed by atoms with Crippen molar-refractivity contribution in [3.05, 3.63) is 62.3 Å². The van der Waals surface area contributed by atoms with Crippen LogP contribution in [0.25, 0.3) is 0 Å². The summed E-state index contributed by atoms with van der Waals surface area (Å²) in [6.45, 7) is 0.481. The molecule has 2 rings (SSSR count). The van der Waals surface area contributed by atoms with Crippen LogP contribution in [0, 0.1) is 0 Å². The van der Waals surface area contributed by atoms with E-state index in [9.17, 15) is 9.59 Å². The largest absolute Gasteiger partial charge is 0.399 e. The van der Waals surface area contributed by atoms with Crippen molar-refractivity contribution in [3.63, 3.8) is 0 Å². The van der Waals surface area contributed by atoms with Gasteiger partial charge in [0.15, 0.2) is 0 Å². The van der Waals surface area contributed by atoms with Crippen molar-refractivity contribution in [2.24, 2.45) is 19.3 Å². The van der Waals surface area contributed by atoms with Gasteiger partial charge in [-0.3, -0.25) is 13.9 Å². The van der Waals surface area contributed by atoms with Gasteiger partial charge >= 0.3 is 5.69 Å². The molecule has 1 aromatic heterocycles. The first-order valence-corrected chi connectivity index (χ1v) is 6.70. The average Bonchev–Trinajstić information content (AvgIpc) is 2.55. The van der Waals surface area contributed by atoms with Crippen molar-refractivity contribution < 1.29 is 4.84 Å². The summed E-state index contributed by atoms with van der Waals surface area (Å²) in [4.78, 5) is 28.9. The Balaban J connectivity index is 2.46. The van der Waals surface area contributed by atoms with E-state index in [1.54, 1.807) is 7.05 Å². The van der Waals surface area contributed by atoms with E-state index in [1.165, 1.54) is 24.9 Å². The van der Waals surface area contributed by atoms with E-state index in [2.05, 4.69) is 15.3 Å². The van der Waals surface area contributed by atoms with Gasteiger partial charge in [0.1, 0.15) is 18.5 Å². The van der Waals surface area contributed by atoms with E-state index in [4.69, 9.17) is 0 Å². The molecule has 1 N–H and O–H groups in total. The fourth-order valence-corrected chi connectivity index (χ4v) is 2.09. The second-order valence-electron chi connectivity index (χ2n) is 4.72. The van der Waals surface area contributed by atoms with Crippen molar-refractivity contribution in [2.45, 2.75) is 6.54 Å². The van der Waals surface area contributed by atoms with Crippen LogP contribution in [0.5, 0.6) is 0 Å². The molecular formula is C15H18N4O3. The Morgan fingerprint density at radius 1 is 1.18 bits per heavy atom. The van der Waals surface area contributed by atoms with E-state index in [0.717, 1.165) is 10.1 Å². The summed E-state index contributed by atoms with van der Waals surface area (Å²) in [5, 5.41) is 6.76. The fraction of sp³-hybridized carbons (Fsp3) is 0.267. The summed E-state index contributed by atoms with van der Waals surface area (Å²) in [5.41, 5.74) is 0.460. The Bertz CT molecular complexity index is 791. The molecule has 0 radical (unpaired) electrons. The minimum Gasteiger partial charge on any atom is -0.399 e. The molecule has 0 aliphatic rings. The van der Waals surface area contributed by atoms with Crippen molar-refractivity contribution in [1.29, 1.82) is 0 Å². The van der Waals surface area contributed by atoms with Crippen LogP contribution in [0.15, 0.2) is 45.1 Å². The van der Waals surface area contributed by atoms with Crippen molar-refractivity contribution in [2.75, 3.05) is 12.4 Å². The normalized spacial score (nSPS) is 10.9. The monoisotopic (exact) mass is 302 g/mol. The fourth-order valence-electron chi connectivity index (χ4n) is 2.09. The maximum Gasteiger partial charge on any atom is 0.332 e. The van der Waals surface area contributed by atoms with Crippen LogP contribution in [-0.2, 0) is 25.5 Å². The highest BCUT2D eigenvalue weighted by atomic mass is 16.6. The van der Waals surface area contributed by atoms with Gasteiger partial charge in [-0.2, -0.15) is 0 Å². The second-order valence-corrected chi connectivity index (χ2v) is 4.72. The quantitative estimate of drug-likeness (QED) is 0.651. The Labute approximate surface area is 127 Å². The van der Waals surface area contributed by atoms with Crippen molar-refractivity contribution in [1.82, 2.24) is 9.13 Å². The lowest BCUT2D eigenvalue weighted by molar-refractivity contribution is 0.215. The molecule has 0 saturated heterocycles. The first kappa shape index (κ1) is 15.6. The second kappa shape index (κ2) is 6.75. The van der Waals surface area contributed by atoms with Gasteiger partial charge in [0.05, 0.1) is 6.21 Å². The number of rotatable bonds is 5. The van der Waals surface area contributed by atoms with Gasteiger partial charge in [-0.15, -0.1) is 0 Å². The summed E-state index contributed by atoms with van der Waals surface area (Å²) in [5.74, 6) is 0.401. The van der Waals surface area contributed by atoms with E-state index in [0.29, 0.717) is 12.4 Å². The van der Waals surface area contributed by atoms with Gasteiger partial charge in [0, 0.05) is 20.6 Å². The molecular weight excluding hydrogens is 284 g/mol. The number of hydrogen-bond donors (Lipinski definition) is 1. The van der Waals surface area contributed by atoms with Crippen LogP contribution >= 0.6 is 0 Å². The molecule has 7 nitrogen and oxygen atoms in total. The predicted octanol–water partition coefficient (Wildman–Crippen LogP) is 0.676. The molecule has 7 heteroatoms. The minimum atomic E-state index is -0.431. The standard InChI is InChI=1S/C15H18N4O3/c1-18-13(16-9-11-7-5-4-6-8-11)12(10-17-22-3)14(20)19(2)15(18)21/h4-8,10,16H,9H2,1-3H3/b17-10+. The van der Waals surface area contributed by atoms with Gasteiger partial charge < -0.3 is 10.2 Å². The SMILES string of the molecule is CO/N=C/c1c(NCc2ccccc2)n(C)c(=O)n(C)c1=O. The lowest BCUT2D eigenvalue weighted by Gasteiger charge is -2.14. The molecule has 0 saturated carbocycles. The number of aromatic nitrogens is 2. The van der Waals surface area contributed by atoms with Crippen LogP contribution in [0.1, 0.15) is 11.1 Å². The smallest absolute Gasteiger partial charge is 0.332 e. The van der Waals surface area contributed by atoms with Gasteiger partial charge in [-0.1, -0.05) is 35.5 Å². The molecule has 0 amide bonds. The molecule has 1 heterocycles. The Morgan fingerprint density at radius 3 is 2.50 bits per heavy atom. The molecule has 0 fully saturated rings. The zero-order valence-electron chi connectivity index (χ0n) is 12.7. The first-order valence-electron chi connectivity index (χ1n) is 6.70.